The Labute approximate surface area is 243 Å². The number of benzene rings is 1. The van der Waals surface area contributed by atoms with Crippen molar-refractivity contribution in [3.05, 3.63) is 23.3 Å². The molecule has 2 spiro atoms. The second-order valence-corrected chi connectivity index (χ2v) is 11.4. The third kappa shape index (κ3) is 4.32. The van der Waals surface area contributed by atoms with Crippen molar-refractivity contribution in [2.45, 2.75) is 69.9 Å². The first-order chi connectivity index (χ1) is 20.0. The minimum Gasteiger partial charge on any atom is -0.493 e. The quantitative estimate of drug-likeness (QED) is 0.363. The standard InChI is InChI=1S/C29H37NO12/c1-6-38-25(34)28-15-27(40-9-10-41-27)7-8-29(28)18-13-21(37-5)20(36-4)12-17(18)11-19(30(29)23(32)22(28)31)24(33)42-26(35)39-14-16(2)3/h12-13,16,19,22,31H,6-11,14-15H2,1-5H3/t19-,22-,28+,29-/m0/s1. The van der Waals surface area contributed by atoms with E-state index in [2.05, 4.69) is 0 Å². The minimum absolute atomic E-state index is 0.00462. The largest absolute Gasteiger partial charge is 0.516 e. The number of fused-ring (bicyclic) bond motifs is 1. The number of methoxy groups -OCH3 is 2. The van der Waals surface area contributed by atoms with Gasteiger partial charge >= 0.3 is 18.1 Å². The lowest BCUT2D eigenvalue weighted by atomic mass is 9.54. The fraction of sp³-hybridized carbons (Fsp3) is 0.655. The summed E-state index contributed by atoms with van der Waals surface area (Å²) in [5.41, 5.74) is -2.54. The summed E-state index contributed by atoms with van der Waals surface area (Å²) >= 11 is 0. The maximum Gasteiger partial charge on any atom is 0.516 e. The van der Waals surface area contributed by atoms with Crippen LogP contribution in [-0.2, 0) is 50.0 Å². The number of amides is 1. The molecule has 230 valence electrons. The Bertz CT molecular complexity index is 1270. The highest BCUT2D eigenvalue weighted by Gasteiger charge is 2.79. The monoisotopic (exact) mass is 591 g/mol. The first kappa shape index (κ1) is 30.1. The topological polar surface area (TPSA) is 156 Å². The average Bonchev–Trinajstić information content (AvgIpc) is 3.50. The minimum atomic E-state index is -1.95. The van der Waals surface area contributed by atoms with Crippen molar-refractivity contribution in [3.63, 3.8) is 0 Å². The zero-order valence-corrected chi connectivity index (χ0v) is 24.4. The number of nitrogens with zero attached hydrogens (tertiary/aromatic N) is 1. The lowest BCUT2D eigenvalue weighted by Gasteiger charge is -2.58. The van der Waals surface area contributed by atoms with Crippen LogP contribution >= 0.6 is 0 Å². The molecule has 1 aromatic carbocycles. The first-order valence-electron chi connectivity index (χ1n) is 14.1. The molecule has 2 saturated heterocycles. The molecule has 13 heteroatoms. The molecule has 0 bridgehead atoms. The number of ether oxygens (including phenoxy) is 7. The molecule has 1 amide bonds. The fourth-order valence-electron chi connectivity index (χ4n) is 7.10. The molecule has 3 heterocycles. The van der Waals surface area contributed by atoms with Crippen LogP contribution in [0.4, 0.5) is 4.79 Å². The summed E-state index contributed by atoms with van der Waals surface area (Å²) in [5.74, 6) is -3.35. The number of rotatable bonds is 7. The van der Waals surface area contributed by atoms with Gasteiger partial charge in [0.15, 0.2) is 23.4 Å². The van der Waals surface area contributed by atoms with E-state index in [4.69, 9.17) is 33.2 Å². The van der Waals surface area contributed by atoms with Gasteiger partial charge in [0.1, 0.15) is 11.5 Å². The maximum atomic E-state index is 14.1. The molecular formula is C29H37NO12. The van der Waals surface area contributed by atoms with E-state index in [1.54, 1.807) is 19.1 Å². The highest BCUT2D eigenvalue weighted by Crippen LogP contribution is 2.67. The molecule has 1 aromatic rings. The van der Waals surface area contributed by atoms with Crippen molar-refractivity contribution < 1.29 is 57.4 Å². The van der Waals surface area contributed by atoms with Crippen LogP contribution in [-0.4, -0.2) is 92.6 Å². The van der Waals surface area contributed by atoms with E-state index in [0.717, 1.165) is 0 Å². The number of carbonyl (C=O) groups excluding carboxylic acids is 4. The van der Waals surface area contributed by atoms with Gasteiger partial charge in [-0.2, -0.15) is 0 Å². The summed E-state index contributed by atoms with van der Waals surface area (Å²) < 4.78 is 38.7. The molecule has 5 rings (SSSR count). The zero-order chi connectivity index (χ0) is 30.4. The van der Waals surface area contributed by atoms with E-state index in [9.17, 15) is 24.3 Å². The first-order valence-corrected chi connectivity index (χ1v) is 14.1. The molecule has 1 N–H and O–H groups in total. The maximum absolute atomic E-state index is 14.1. The van der Waals surface area contributed by atoms with Crippen LogP contribution in [0.25, 0.3) is 0 Å². The summed E-state index contributed by atoms with van der Waals surface area (Å²) in [6.07, 6.45) is -3.16. The van der Waals surface area contributed by atoms with Gasteiger partial charge in [0.05, 0.1) is 46.2 Å². The van der Waals surface area contributed by atoms with Crippen molar-refractivity contribution in [2.75, 3.05) is 40.6 Å². The molecule has 1 saturated carbocycles. The average molecular weight is 592 g/mol. The van der Waals surface area contributed by atoms with E-state index in [1.807, 2.05) is 13.8 Å². The van der Waals surface area contributed by atoms with Crippen LogP contribution in [0.3, 0.4) is 0 Å². The van der Waals surface area contributed by atoms with Crippen LogP contribution in [0.5, 0.6) is 11.5 Å². The third-order valence-electron chi connectivity index (χ3n) is 8.73. The highest BCUT2D eigenvalue weighted by molar-refractivity contribution is 6.00. The van der Waals surface area contributed by atoms with Gasteiger partial charge in [-0.15, -0.1) is 0 Å². The Hall–Kier alpha value is -3.42. The molecule has 13 nitrogen and oxygen atoms in total. The van der Waals surface area contributed by atoms with E-state index >= 15 is 0 Å². The smallest absolute Gasteiger partial charge is 0.493 e. The molecule has 3 aliphatic heterocycles. The normalized spacial score (nSPS) is 29.0. The fourth-order valence-corrected chi connectivity index (χ4v) is 7.10. The van der Waals surface area contributed by atoms with Gasteiger partial charge < -0.3 is 43.2 Å². The Morgan fingerprint density at radius 1 is 1.07 bits per heavy atom. The highest BCUT2D eigenvalue weighted by atomic mass is 16.7. The van der Waals surface area contributed by atoms with Crippen LogP contribution < -0.4 is 9.47 Å². The molecule has 0 unspecified atom stereocenters. The second-order valence-electron chi connectivity index (χ2n) is 11.4. The number of aliphatic hydroxyl groups excluding tert-OH is 1. The molecular weight excluding hydrogens is 554 g/mol. The van der Waals surface area contributed by atoms with Gasteiger partial charge in [-0.05, 0) is 42.5 Å². The molecule has 0 aromatic heterocycles. The summed E-state index contributed by atoms with van der Waals surface area (Å²) in [7, 11) is 2.91. The van der Waals surface area contributed by atoms with Gasteiger partial charge in [0.2, 0.25) is 0 Å². The molecule has 3 fully saturated rings. The molecule has 0 radical (unpaired) electrons. The lowest BCUT2D eigenvalue weighted by molar-refractivity contribution is -0.244. The van der Waals surface area contributed by atoms with E-state index in [0.29, 0.717) is 22.6 Å². The number of aliphatic hydroxyl groups is 1. The van der Waals surface area contributed by atoms with Gasteiger partial charge in [-0.3, -0.25) is 9.59 Å². The summed E-state index contributed by atoms with van der Waals surface area (Å²) in [6, 6.07) is 1.93. The number of esters is 2. The Kier molecular flexibility index (Phi) is 7.88. The summed E-state index contributed by atoms with van der Waals surface area (Å²) in [5, 5.41) is 11.8. The van der Waals surface area contributed by atoms with Crippen molar-refractivity contribution >= 4 is 24.0 Å². The van der Waals surface area contributed by atoms with Gasteiger partial charge in [-0.25, -0.2) is 9.59 Å². The third-order valence-corrected chi connectivity index (χ3v) is 8.73. The van der Waals surface area contributed by atoms with Gasteiger partial charge in [0, 0.05) is 19.3 Å². The molecule has 4 aliphatic rings. The van der Waals surface area contributed by atoms with Crippen molar-refractivity contribution in [3.8, 4) is 11.5 Å². The van der Waals surface area contributed by atoms with Crippen LogP contribution in [0, 0.1) is 11.3 Å². The molecule has 42 heavy (non-hydrogen) atoms. The number of hydrogen-bond donors (Lipinski definition) is 1. The Balaban J connectivity index is 1.72. The van der Waals surface area contributed by atoms with Crippen molar-refractivity contribution in [1.82, 2.24) is 4.90 Å². The van der Waals surface area contributed by atoms with E-state index < -0.39 is 52.9 Å². The van der Waals surface area contributed by atoms with Crippen molar-refractivity contribution in [2.24, 2.45) is 11.3 Å². The van der Waals surface area contributed by atoms with Gasteiger partial charge in [-0.1, -0.05) is 13.8 Å². The van der Waals surface area contributed by atoms with Gasteiger partial charge in [0.25, 0.3) is 5.91 Å². The summed E-state index contributed by atoms with van der Waals surface area (Å²) in [4.78, 5) is 55.5. The van der Waals surface area contributed by atoms with Crippen LogP contribution in [0.15, 0.2) is 12.1 Å². The molecule has 4 atom stereocenters. The van der Waals surface area contributed by atoms with Crippen LogP contribution in [0.2, 0.25) is 0 Å². The van der Waals surface area contributed by atoms with Crippen LogP contribution in [0.1, 0.15) is 51.2 Å². The van der Waals surface area contributed by atoms with E-state index in [1.165, 1.54) is 19.1 Å². The predicted molar refractivity (Wildman–Crippen MR) is 141 cm³/mol. The van der Waals surface area contributed by atoms with Crippen molar-refractivity contribution in [1.29, 1.82) is 0 Å². The molecule has 1 aliphatic carbocycles. The predicted octanol–water partition coefficient (Wildman–Crippen LogP) is 1.84. The SMILES string of the molecule is CCOC(=O)[C@]12CC3(CC[C@]14c1cc(OC)c(OC)cc1C[C@@H](C(=O)OC(=O)OCC(C)C)N4C(=O)[C@@H]2O)OCCO3. The second kappa shape index (κ2) is 11.0. The Morgan fingerprint density at radius 3 is 2.36 bits per heavy atom. The zero-order valence-electron chi connectivity index (χ0n) is 24.4. The summed E-state index contributed by atoms with van der Waals surface area (Å²) in [6.45, 7) is 5.81. The number of hydrogen-bond acceptors (Lipinski definition) is 12. The van der Waals surface area contributed by atoms with E-state index in [-0.39, 0.29) is 58.0 Å². The Morgan fingerprint density at radius 2 is 1.74 bits per heavy atom. The lowest BCUT2D eigenvalue weighted by Crippen LogP contribution is -2.68. The number of carbonyl (C=O) groups is 4.